The first-order valence-corrected chi connectivity index (χ1v) is 5.62. The molecule has 3 fully saturated rings. The summed E-state index contributed by atoms with van der Waals surface area (Å²) in [5.41, 5.74) is 0.247. The highest BCUT2D eigenvalue weighted by Crippen LogP contribution is 2.59. The van der Waals surface area contributed by atoms with Gasteiger partial charge in [-0.05, 0) is 44.9 Å². The number of nitrogens with one attached hydrogen (secondary N) is 1. The lowest BCUT2D eigenvalue weighted by Gasteiger charge is -2.42. The van der Waals surface area contributed by atoms with Crippen LogP contribution in [0, 0.1) is 11.8 Å². The minimum absolute atomic E-state index is 0.247. The fourth-order valence-electron chi connectivity index (χ4n) is 3.21. The van der Waals surface area contributed by atoms with Crippen molar-refractivity contribution in [1.29, 1.82) is 0 Å². The number of rotatable bonds is 0. The zero-order valence-corrected chi connectivity index (χ0v) is 8.55. The largest absolute Gasteiger partial charge is 0.369 e. The van der Waals surface area contributed by atoms with Gasteiger partial charge in [0.2, 0.25) is 0 Å². The van der Waals surface area contributed by atoms with E-state index in [9.17, 15) is 0 Å². The molecule has 0 aromatic heterocycles. The second-order valence-corrected chi connectivity index (χ2v) is 5.20. The smallest absolute Gasteiger partial charge is 0.0841 e. The highest BCUT2D eigenvalue weighted by molar-refractivity contribution is 5.11. The van der Waals surface area contributed by atoms with E-state index < -0.39 is 0 Å². The predicted octanol–water partition coefficient (Wildman–Crippen LogP) is 1.55. The summed E-state index contributed by atoms with van der Waals surface area (Å²) in [6, 6.07) is 0.531. The Morgan fingerprint density at radius 1 is 1.38 bits per heavy atom. The summed E-state index contributed by atoms with van der Waals surface area (Å²) in [4.78, 5) is 0. The average molecular weight is 181 g/mol. The summed E-state index contributed by atoms with van der Waals surface area (Å²) >= 11 is 0. The Balaban J connectivity index is 1.78. The zero-order valence-electron chi connectivity index (χ0n) is 8.55. The quantitative estimate of drug-likeness (QED) is 0.612. The van der Waals surface area contributed by atoms with Crippen LogP contribution >= 0.6 is 0 Å². The first-order chi connectivity index (χ1) is 6.21. The van der Waals surface area contributed by atoms with Crippen molar-refractivity contribution < 1.29 is 4.74 Å². The number of fused-ring (bicyclic) bond motifs is 2. The lowest BCUT2D eigenvalue weighted by molar-refractivity contribution is -0.133. The normalized spacial score (nSPS) is 59.5. The minimum atomic E-state index is 0.247. The monoisotopic (exact) mass is 181 g/mol. The summed E-state index contributed by atoms with van der Waals surface area (Å²) in [5.74, 6) is 1.91. The van der Waals surface area contributed by atoms with Crippen molar-refractivity contribution >= 4 is 0 Å². The molecular formula is C11H19NO. The Hall–Kier alpha value is -0.0800. The van der Waals surface area contributed by atoms with Gasteiger partial charge in [0, 0.05) is 12.6 Å². The molecule has 2 heteroatoms. The molecule has 1 heterocycles. The lowest BCUT2D eigenvalue weighted by Crippen LogP contribution is -2.57. The Kier molecular flexibility index (Phi) is 1.58. The molecule has 0 amide bonds. The molecule has 0 bridgehead atoms. The molecular weight excluding hydrogens is 162 g/mol. The van der Waals surface area contributed by atoms with Gasteiger partial charge in [0.05, 0.1) is 11.7 Å². The second-order valence-electron chi connectivity index (χ2n) is 5.20. The van der Waals surface area contributed by atoms with Gasteiger partial charge in [0.15, 0.2) is 0 Å². The molecule has 2 saturated carbocycles. The van der Waals surface area contributed by atoms with E-state index in [2.05, 4.69) is 19.2 Å². The maximum Gasteiger partial charge on any atom is 0.0841 e. The van der Waals surface area contributed by atoms with Crippen LogP contribution in [-0.4, -0.2) is 24.3 Å². The Bertz CT molecular complexity index is 230. The van der Waals surface area contributed by atoms with Crippen molar-refractivity contribution in [1.82, 2.24) is 5.32 Å². The first kappa shape index (κ1) is 8.25. The molecule has 3 rings (SSSR count). The van der Waals surface area contributed by atoms with E-state index in [-0.39, 0.29) is 5.60 Å². The SMILES string of the molecule is CC1NCC2(CCC3CC32)OC1C. The summed E-state index contributed by atoms with van der Waals surface area (Å²) in [7, 11) is 0. The molecule has 1 saturated heterocycles. The van der Waals surface area contributed by atoms with Gasteiger partial charge in [-0.1, -0.05) is 0 Å². The van der Waals surface area contributed by atoms with Gasteiger partial charge in [-0.3, -0.25) is 0 Å². The molecule has 2 aliphatic carbocycles. The number of hydrogen-bond donors (Lipinski definition) is 1. The number of ether oxygens (including phenoxy) is 1. The maximum absolute atomic E-state index is 6.24. The summed E-state index contributed by atoms with van der Waals surface area (Å²) < 4.78 is 6.24. The molecule has 3 aliphatic rings. The van der Waals surface area contributed by atoms with Gasteiger partial charge in [0.1, 0.15) is 0 Å². The van der Waals surface area contributed by atoms with Crippen LogP contribution in [0.3, 0.4) is 0 Å². The molecule has 13 heavy (non-hydrogen) atoms. The molecule has 0 radical (unpaired) electrons. The number of morpholine rings is 1. The van der Waals surface area contributed by atoms with Gasteiger partial charge in [-0.25, -0.2) is 0 Å². The second kappa shape index (κ2) is 2.48. The first-order valence-electron chi connectivity index (χ1n) is 5.62. The van der Waals surface area contributed by atoms with Crippen LogP contribution in [0.2, 0.25) is 0 Å². The molecule has 0 aromatic rings. The van der Waals surface area contributed by atoms with E-state index in [1.807, 2.05) is 0 Å². The third kappa shape index (κ3) is 1.08. The topological polar surface area (TPSA) is 21.3 Å². The molecule has 0 aromatic carbocycles. The van der Waals surface area contributed by atoms with Crippen molar-refractivity contribution in [2.45, 2.75) is 50.9 Å². The molecule has 1 N–H and O–H groups in total. The lowest BCUT2D eigenvalue weighted by atomic mass is 9.93. The molecule has 5 atom stereocenters. The average Bonchev–Trinajstić information content (AvgIpc) is 2.82. The molecule has 5 unspecified atom stereocenters. The molecule has 1 spiro atoms. The summed E-state index contributed by atoms with van der Waals surface area (Å²) in [6.45, 7) is 5.52. The van der Waals surface area contributed by atoms with Gasteiger partial charge in [-0.2, -0.15) is 0 Å². The minimum Gasteiger partial charge on any atom is -0.369 e. The van der Waals surface area contributed by atoms with Crippen LogP contribution in [0.15, 0.2) is 0 Å². The van der Waals surface area contributed by atoms with Crippen LogP contribution in [0.4, 0.5) is 0 Å². The Morgan fingerprint density at radius 2 is 2.23 bits per heavy atom. The highest BCUT2D eigenvalue weighted by Gasteiger charge is 2.60. The van der Waals surface area contributed by atoms with Gasteiger partial charge < -0.3 is 10.1 Å². The standard InChI is InChI=1S/C11H19NO/c1-7-8(2)13-11(6-12-7)4-3-9-5-10(9)11/h7-10,12H,3-6H2,1-2H3. The van der Waals surface area contributed by atoms with Crippen molar-refractivity contribution in [3.63, 3.8) is 0 Å². The van der Waals surface area contributed by atoms with E-state index in [0.29, 0.717) is 12.1 Å². The van der Waals surface area contributed by atoms with E-state index >= 15 is 0 Å². The molecule has 74 valence electrons. The van der Waals surface area contributed by atoms with Crippen LogP contribution in [0.25, 0.3) is 0 Å². The number of hydrogen-bond acceptors (Lipinski definition) is 2. The van der Waals surface area contributed by atoms with Crippen LogP contribution in [0.1, 0.15) is 33.1 Å². The third-order valence-electron chi connectivity index (χ3n) is 4.38. The van der Waals surface area contributed by atoms with E-state index in [4.69, 9.17) is 4.74 Å². The summed E-state index contributed by atoms with van der Waals surface area (Å²) in [5, 5.41) is 3.60. The summed E-state index contributed by atoms with van der Waals surface area (Å²) in [6.07, 6.45) is 4.54. The fraction of sp³-hybridized carbons (Fsp3) is 1.00. The van der Waals surface area contributed by atoms with Crippen molar-refractivity contribution in [2.24, 2.45) is 11.8 Å². The maximum atomic E-state index is 6.24. The molecule has 1 aliphatic heterocycles. The van der Waals surface area contributed by atoms with Crippen molar-refractivity contribution in [3.05, 3.63) is 0 Å². The van der Waals surface area contributed by atoms with Crippen LogP contribution < -0.4 is 5.32 Å². The van der Waals surface area contributed by atoms with Crippen molar-refractivity contribution in [2.75, 3.05) is 6.54 Å². The zero-order chi connectivity index (χ0) is 9.05. The van der Waals surface area contributed by atoms with Crippen molar-refractivity contribution in [3.8, 4) is 0 Å². The highest BCUT2D eigenvalue weighted by atomic mass is 16.5. The Labute approximate surface area is 80.0 Å². The fourth-order valence-corrected chi connectivity index (χ4v) is 3.21. The van der Waals surface area contributed by atoms with E-state index in [1.165, 1.54) is 19.3 Å². The van der Waals surface area contributed by atoms with Crippen LogP contribution in [0.5, 0.6) is 0 Å². The predicted molar refractivity (Wildman–Crippen MR) is 51.6 cm³/mol. The van der Waals surface area contributed by atoms with Gasteiger partial charge >= 0.3 is 0 Å². The third-order valence-corrected chi connectivity index (χ3v) is 4.38. The van der Waals surface area contributed by atoms with Gasteiger partial charge in [0.25, 0.3) is 0 Å². The van der Waals surface area contributed by atoms with E-state index in [0.717, 1.165) is 18.4 Å². The molecule has 2 nitrogen and oxygen atoms in total. The van der Waals surface area contributed by atoms with E-state index in [1.54, 1.807) is 0 Å². The van der Waals surface area contributed by atoms with Crippen LogP contribution in [-0.2, 0) is 4.74 Å². The van der Waals surface area contributed by atoms with Gasteiger partial charge in [-0.15, -0.1) is 0 Å². The Morgan fingerprint density at radius 3 is 2.77 bits per heavy atom.